The largest absolute Gasteiger partial charge is 0.507 e. The van der Waals surface area contributed by atoms with Crippen LogP contribution in [0.4, 0.5) is 0 Å². The summed E-state index contributed by atoms with van der Waals surface area (Å²) in [5, 5.41) is 31.0. The van der Waals surface area contributed by atoms with Crippen molar-refractivity contribution < 1.29 is 10.2 Å². The molecule has 0 aliphatic heterocycles. The number of aromatic hydroxyl groups is 2. The minimum atomic E-state index is 0.180. The number of hydrogen-bond acceptors (Lipinski definition) is 2. The minimum absolute atomic E-state index is 0.180. The van der Waals surface area contributed by atoms with E-state index in [1.54, 1.807) is 0 Å². The number of fused-ring (bicyclic) bond motifs is 5. The summed E-state index contributed by atoms with van der Waals surface area (Å²) in [4.78, 5) is 0. The van der Waals surface area contributed by atoms with Crippen molar-refractivity contribution in [2.75, 3.05) is 0 Å². The Kier molecular flexibility index (Phi) is 2.93. The van der Waals surface area contributed by atoms with E-state index in [0.29, 0.717) is 10.8 Å². The van der Waals surface area contributed by atoms with Crippen LogP contribution in [-0.4, -0.2) is 10.2 Å². The van der Waals surface area contributed by atoms with Crippen LogP contribution in [0.2, 0.25) is 0 Å². The lowest BCUT2D eigenvalue weighted by atomic mass is 9.96. The molecule has 0 saturated carbocycles. The minimum Gasteiger partial charge on any atom is -0.507 e. The van der Waals surface area contributed by atoms with Crippen LogP contribution in [0.3, 0.4) is 0 Å². The number of phenols is 2. The van der Waals surface area contributed by atoms with Crippen molar-refractivity contribution in [1.82, 2.24) is 0 Å². The molecule has 2 nitrogen and oxygen atoms in total. The van der Waals surface area contributed by atoms with E-state index in [1.807, 2.05) is 12.1 Å². The third-order valence-electron chi connectivity index (χ3n) is 5.70. The highest BCUT2D eigenvalue weighted by atomic mass is 16.3. The second-order valence-corrected chi connectivity index (χ2v) is 7.45. The zero-order chi connectivity index (χ0) is 18.8. The van der Waals surface area contributed by atoms with Crippen LogP contribution in [-0.2, 0) is 0 Å². The molecule has 6 aromatic rings. The van der Waals surface area contributed by atoms with Gasteiger partial charge in [-0.05, 0) is 104 Å². The summed E-state index contributed by atoms with van der Waals surface area (Å²) in [6.07, 6.45) is 0. The zero-order valence-electron chi connectivity index (χ0n) is 15.0. The molecule has 0 aliphatic carbocycles. The number of rotatable bonds is 0. The number of hydrogen-bond donors (Lipinski definition) is 2. The van der Waals surface area contributed by atoms with E-state index < -0.39 is 0 Å². The molecule has 0 heterocycles. The van der Waals surface area contributed by atoms with Gasteiger partial charge in [0, 0.05) is 10.8 Å². The first-order chi connectivity index (χ1) is 13.7. The van der Waals surface area contributed by atoms with Gasteiger partial charge < -0.3 is 10.2 Å². The molecule has 0 aliphatic rings. The van der Waals surface area contributed by atoms with Crippen LogP contribution in [0, 0.1) is 0 Å². The predicted molar refractivity (Wildman–Crippen MR) is 117 cm³/mol. The van der Waals surface area contributed by atoms with Crippen molar-refractivity contribution in [2.45, 2.75) is 0 Å². The molecule has 2 heteroatoms. The standard InChI is InChI=1S/C26H16O2/c27-25-5-6-26(28)24-14-22-12-20-10-18-8-16-4-2-1-3-15(16)7-17(18)9-19(20)11-21(22)13-23(24)25/h1-14,27-28H. The van der Waals surface area contributed by atoms with Crippen LogP contribution in [0.25, 0.3) is 53.9 Å². The Bertz CT molecular complexity index is 1460. The van der Waals surface area contributed by atoms with Gasteiger partial charge in [-0.1, -0.05) is 24.3 Å². The quantitative estimate of drug-likeness (QED) is 0.229. The molecule has 6 rings (SSSR count). The van der Waals surface area contributed by atoms with Gasteiger partial charge in [0.05, 0.1) is 0 Å². The van der Waals surface area contributed by atoms with E-state index in [2.05, 4.69) is 60.7 Å². The second-order valence-electron chi connectivity index (χ2n) is 7.45. The Balaban J connectivity index is 1.71. The van der Waals surface area contributed by atoms with Crippen molar-refractivity contribution in [1.29, 1.82) is 0 Å². The van der Waals surface area contributed by atoms with E-state index >= 15 is 0 Å². The lowest BCUT2D eigenvalue weighted by Crippen LogP contribution is -1.82. The molecule has 0 atom stereocenters. The lowest BCUT2D eigenvalue weighted by Gasteiger charge is -2.09. The molecule has 0 radical (unpaired) electrons. The van der Waals surface area contributed by atoms with Crippen molar-refractivity contribution in [3.63, 3.8) is 0 Å². The molecule has 0 fully saturated rings. The first-order valence-corrected chi connectivity index (χ1v) is 9.30. The molecule has 2 N–H and O–H groups in total. The van der Waals surface area contributed by atoms with Crippen LogP contribution in [0.1, 0.15) is 0 Å². The summed E-state index contributed by atoms with van der Waals surface area (Å²) in [6.45, 7) is 0. The van der Waals surface area contributed by atoms with Crippen LogP contribution in [0.15, 0.2) is 84.9 Å². The fourth-order valence-electron chi connectivity index (χ4n) is 4.26. The molecule has 0 bridgehead atoms. The van der Waals surface area contributed by atoms with Gasteiger partial charge in [0.25, 0.3) is 0 Å². The fourth-order valence-corrected chi connectivity index (χ4v) is 4.26. The summed E-state index contributed by atoms with van der Waals surface area (Å²) in [7, 11) is 0. The number of phenolic OH excluding ortho intramolecular Hbond substituents is 2. The Morgan fingerprint density at radius 3 is 1.07 bits per heavy atom. The monoisotopic (exact) mass is 360 g/mol. The maximum atomic E-state index is 10.2. The Labute approximate surface area is 160 Å². The molecule has 0 saturated heterocycles. The van der Waals surface area contributed by atoms with Crippen molar-refractivity contribution in [3.8, 4) is 11.5 Å². The van der Waals surface area contributed by atoms with Crippen LogP contribution >= 0.6 is 0 Å². The molecule has 6 aromatic carbocycles. The van der Waals surface area contributed by atoms with E-state index in [9.17, 15) is 10.2 Å². The lowest BCUT2D eigenvalue weighted by molar-refractivity contribution is 0.469. The summed E-state index contributed by atoms with van der Waals surface area (Å²) >= 11 is 0. The fraction of sp³-hybridized carbons (Fsp3) is 0. The molecule has 132 valence electrons. The van der Waals surface area contributed by atoms with Crippen molar-refractivity contribution >= 4 is 53.9 Å². The molecular weight excluding hydrogens is 344 g/mol. The van der Waals surface area contributed by atoms with Gasteiger partial charge in [0.15, 0.2) is 0 Å². The van der Waals surface area contributed by atoms with Crippen molar-refractivity contribution in [3.05, 3.63) is 84.9 Å². The topological polar surface area (TPSA) is 40.5 Å². The first-order valence-electron chi connectivity index (χ1n) is 9.30. The molecule has 0 amide bonds. The zero-order valence-corrected chi connectivity index (χ0v) is 15.0. The third kappa shape index (κ3) is 2.15. The highest BCUT2D eigenvalue weighted by Gasteiger charge is 2.08. The van der Waals surface area contributed by atoms with Crippen LogP contribution < -0.4 is 0 Å². The second kappa shape index (κ2) is 5.37. The SMILES string of the molecule is Oc1ccc(O)c2cc3cc4cc5cc6ccccc6cc5cc4cc3cc12. The average Bonchev–Trinajstić information content (AvgIpc) is 2.71. The Morgan fingerprint density at radius 2 is 0.679 bits per heavy atom. The van der Waals surface area contributed by atoms with Gasteiger partial charge in [0.1, 0.15) is 11.5 Å². The highest BCUT2D eigenvalue weighted by molar-refractivity contribution is 6.11. The van der Waals surface area contributed by atoms with E-state index in [1.165, 1.54) is 33.7 Å². The normalized spacial score (nSPS) is 11.9. The molecule has 0 unspecified atom stereocenters. The maximum absolute atomic E-state index is 10.2. The van der Waals surface area contributed by atoms with Gasteiger partial charge in [0.2, 0.25) is 0 Å². The summed E-state index contributed by atoms with van der Waals surface area (Å²) in [6, 6.07) is 28.6. The highest BCUT2D eigenvalue weighted by Crippen LogP contribution is 2.37. The van der Waals surface area contributed by atoms with Gasteiger partial charge in [-0.3, -0.25) is 0 Å². The van der Waals surface area contributed by atoms with E-state index in [-0.39, 0.29) is 11.5 Å². The van der Waals surface area contributed by atoms with Crippen LogP contribution in [0.5, 0.6) is 11.5 Å². The molecule has 28 heavy (non-hydrogen) atoms. The summed E-state index contributed by atoms with van der Waals surface area (Å²) in [5.74, 6) is 0.361. The van der Waals surface area contributed by atoms with Gasteiger partial charge in [-0.2, -0.15) is 0 Å². The smallest absolute Gasteiger partial charge is 0.123 e. The average molecular weight is 360 g/mol. The Morgan fingerprint density at radius 1 is 0.357 bits per heavy atom. The Hall–Kier alpha value is -3.78. The van der Waals surface area contributed by atoms with Gasteiger partial charge in [-0.15, -0.1) is 0 Å². The van der Waals surface area contributed by atoms with Crippen molar-refractivity contribution in [2.24, 2.45) is 0 Å². The molecule has 0 aromatic heterocycles. The predicted octanol–water partition coefficient (Wildman–Crippen LogP) is 6.86. The van der Waals surface area contributed by atoms with Gasteiger partial charge >= 0.3 is 0 Å². The van der Waals surface area contributed by atoms with Gasteiger partial charge in [-0.25, -0.2) is 0 Å². The summed E-state index contributed by atoms with van der Waals surface area (Å²) in [5.41, 5.74) is 0. The molecular formula is C26H16O2. The summed E-state index contributed by atoms with van der Waals surface area (Å²) < 4.78 is 0. The first kappa shape index (κ1) is 15.3. The third-order valence-corrected chi connectivity index (χ3v) is 5.70. The number of benzene rings is 6. The maximum Gasteiger partial charge on any atom is 0.123 e. The van der Waals surface area contributed by atoms with E-state index in [0.717, 1.165) is 21.5 Å². The molecule has 0 spiro atoms. The van der Waals surface area contributed by atoms with E-state index in [4.69, 9.17) is 0 Å².